The van der Waals surface area contributed by atoms with Crippen LogP contribution in [-0.2, 0) is 10.7 Å². The van der Waals surface area contributed by atoms with E-state index >= 15 is 0 Å². The summed E-state index contributed by atoms with van der Waals surface area (Å²) in [6.45, 7) is 2.23. The van der Waals surface area contributed by atoms with Gasteiger partial charge in [0.2, 0.25) is 0 Å². The van der Waals surface area contributed by atoms with E-state index in [9.17, 15) is 13.2 Å². The minimum atomic E-state index is -2.55. The standard InChI is InChI=1S/C26H36O4S/c1-3-4-5-6-7-8-9-10-11-12-25(31(28)29)21-13-15-22(16-14-21)26(27)23-17-19-24(30-2)20-18-23/h13-20,25,31H,3-12H2,1-2H3. The molecule has 0 radical (unpaired) electrons. The van der Waals surface area contributed by atoms with Crippen molar-refractivity contribution in [2.24, 2.45) is 0 Å². The molecule has 1 atom stereocenters. The number of carbonyl (C=O) groups is 1. The van der Waals surface area contributed by atoms with E-state index in [1.54, 1.807) is 55.6 Å². The largest absolute Gasteiger partial charge is 0.497 e. The number of hydrogen-bond donors (Lipinski definition) is 1. The van der Waals surface area contributed by atoms with Crippen LogP contribution in [0.5, 0.6) is 5.75 Å². The monoisotopic (exact) mass is 444 g/mol. The lowest BCUT2D eigenvalue weighted by atomic mass is 9.99. The van der Waals surface area contributed by atoms with Gasteiger partial charge in [0.15, 0.2) is 5.78 Å². The third kappa shape index (κ3) is 8.48. The molecule has 4 nitrogen and oxygen atoms in total. The zero-order chi connectivity index (χ0) is 22.5. The van der Waals surface area contributed by atoms with Gasteiger partial charge in [-0.2, -0.15) is 0 Å². The molecular weight excluding hydrogens is 408 g/mol. The van der Waals surface area contributed by atoms with Crippen molar-refractivity contribution < 1.29 is 17.9 Å². The molecule has 31 heavy (non-hydrogen) atoms. The molecule has 0 aromatic heterocycles. The Kier molecular flexibility index (Phi) is 11.4. The van der Waals surface area contributed by atoms with Crippen molar-refractivity contribution in [1.82, 2.24) is 0 Å². The second-order valence-corrected chi connectivity index (χ2v) is 9.29. The maximum absolute atomic E-state index is 12.7. The SMILES string of the molecule is CCCCCCCCCCCC(c1ccc(C(=O)c2ccc(OC)cc2)cc1)[SH](=O)=O. The van der Waals surface area contributed by atoms with Crippen LogP contribution >= 0.6 is 0 Å². The molecule has 0 heterocycles. The summed E-state index contributed by atoms with van der Waals surface area (Å²) in [4.78, 5) is 12.7. The first-order valence-corrected chi connectivity index (χ1v) is 12.7. The molecule has 0 aliphatic heterocycles. The molecule has 0 aliphatic rings. The van der Waals surface area contributed by atoms with Crippen LogP contribution in [0.1, 0.15) is 97.9 Å². The van der Waals surface area contributed by atoms with Crippen molar-refractivity contribution in [3.05, 3.63) is 65.2 Å². The normalized spacial score (nSPS) is 12.1. The maximum atomic E-state index is 12.7. The molecule has 2 aromatic rings. The van der Waals surface area contributed by atoms with Crippen LogP contribution in [0.4, 0.5) is 0 Å². The van der Waals surface area contributed by atoms with Gasteiger partial charge in [-0.05, 0) is 36.2 Å². The van der Waals surface area contributed by atoms with E-state index in [2.05, 4.69) is 6.92 Å². The highest BCUT2D eigenvalue weighted by Crippen LogP contribution is 2.25. The summed E-state index contributed by atoms with van der Waals surface area (Å²) in [7, 11) is -0.963. The second kappa shape index (κ2) is 14.0. The fourth-order valence-electron chi connectivity index (χ4n) is 3.81. The summed E-state index contributed by atoms with van der Waals surface area (Å²) < 4.78 is 28.8. The first kappa shape index (κ1) is 25.1. The Morgan fingerprint density at radius 2 is 1.26 bits per heavy atom. The molecule has 0 spiro atoms. The van der Waals surface area contributed by atoms with Crippen molar-refractivity contribution in [3.63, 3.8) is 0 Å². The number of hydrogen-bond acceptors (Lipinski definition) is 4. The Bertz CT molecular complexity index is 846. The maximum Gasteiger partial charge on any atom is 0.193 e. The highest BCUT2D eigenvalue weighted by Gasteiger charge is 2.16. The molecule has 1 unspecified atom stereocenters. The smallest absolute Gasteiger partial charge is 0.193 e. The molecule has 0 amide bonds. The van der Waals surface area contributed by atoms with Gasteiger partial charge in [-0.25, -0.2) is 8.42 Å². The molecule has 2 rings (SSSR count). The van der Waals surface area contributed by atoms with Crippen LogP contribution in [0.25, 0.3) is 0 Å². The van der Waals surface area contributed by atoms with E-state index < -0.39 is 16.0 Å². The molecule has 5 heteroatoms. The molecule has 0 saturated heterocycles. The molecular formula is C26H36O4S. The molecule has 0 bridgehead atoms. The lowest BCUT2D eigenvalue weighted by molar-refractivity contribution is 0.103. The first-order valence-electron chi connectivity index (χ1n) is 11.5. The van der Waals surface area contributed by atoms with E-state index in [4.69, 9.17) is 4.74 Å². The van der Waals surface area contributed by atoms with Crippen molar-refractivity contribution in [3.8, 4) is 5.75 Å². The number of rotatable bonds is 15. The Morgan fingerprint density at radius 1 is 0.774 bits per heavy atom. The highest BCUT2D eigenvalue weighted by molar-refractivity contribution is 7.72. The Morgan fingerprint density at radius 3 is 1.74 bits per heavy atom. The van der Waals surface area contributed by atoms with Crippen molar-refractivity contribution in [2.75, 3.05) is 7.11 Å². The van der Waals surface area contributed by atoms with Crippen molar-refractivity contribution >= 4 is 16.5 Å². The van der Waals surface area contributed by atoms with Crippen LogP contribution < -0.4 is 4.74 Å². The molecule has 0 fully saturated rings. The zero-order valence-corrected chi connectivity index (χ0v) is 19.7. The van der Waals surface area contributed by atoms with Gasteiger partial charge < -0.3 is 4.74 Å². The van der Waals surface area contributed by atoms with Crippen molar-refractivity contribution in [1.29, 1.82) is 0 Å². The summed E-state index contributed by atoms with van der Waals surface area (Å²) in [5.41, 5.74) is 1.90. The minimum Gasteiger partial charge on any atom is -0.497 e. The number of thiol groups is 1. The van der Waals surface area contributed by atoms with Gasteiger partial charge in [-0.1, -0.05) is 89.0 Å². The summed E-state index contributed by atoms with van der Waals surface area (Å²) in [6.07, 6.45) is 11.5. The average Bonchev–Trinajstić information content (AvgIpc) is 2.80. The number of carbonyl (C=O) groups excluding carboxylic acids is 1. The van der Waals surface area contributed by atoms with Gasteiger partial charge in [-0.15, -0.1) is 0 Å². The second-order valence-electron chi connectivity index (χ2n) is 8.10. The van der Waals surface area contributed by atoms with E-state index in [0.29, 0.717) is 23.3 Å². The fraction of sp³-hybridized carbons (Fsp3) is 0.500. The van der Waals surface area contributed by atoms with Crippen LogP contribution in [0, 0.1) is 0 Å². The molecule has 170 valence electrons. The van der Waals surface area contributed by atoms with Gasteiger partial charge in [0.25, 0.3) is 0 Å². The fourth-order valence-corrected chi connectivity index (χ4v) is 4.62. The number of ether oxygens (including phenoxy) is 1. The highest BCUT2D eigenvalue weighted by atomic mass is 32.2. The van der Waals surface area contributed by atoms with E-state index in [-0.39, 0.29) is 5.78 Å². The summed E-state index contributed by atoms with van der Waals surface area (Å²) in [6, 6.07) is 14.0. The molecule has 2 aromatic carbocycles. The number of benzene rings is 2. The number of methoxy groups -OCH3 is 1. The number of unbranched alkanes of at least 4 members (excludes halogenated alkanes) is 8. The van der Waals surface area contributed by atoms with Gasteiger partial charge in [0.1, 0.15) is 16.5 Å². The van der Waals surface area contributed by atoms with Gasteiger partial charge in [0.05, 0.1) is 12.4 Å². The predicted molar refractivity (Wildman–Crippen MR) is 128 cm³/mol. The summed E-state index contributed by atoms with van der Waals surface area (Å²) in [5, 5.41) is -0.482. The average molecular weight is 445 g/mol. The van der Waals surface area contributed by atoms with Gasteiger partial charge in [-0.3, -0.25) is 4.79 Å². The van der Waals surface area contributed by atoms with E-state index in [1.165, 1.54) is 44.9 Å². The van der Waals surface area contributed by atoms with Gasteiger partial charge >= 0.3 is 0 Å². The Hall–Kier alpha value is -2.14. The lowest BCUT2D eigenvalue weighted by Gasteiger charge is -2.12. The van der Waals surface area contributed by atoms with Crippen LogP contribution in [0.15, 0.2) is 48.5 Å². The third-order valence-corrected chi connectivity index (χ3v) is 6.81. The minimum absolute atomic E-state index is 0.0869. The predicted octanol–water partition coefficient (Wildman–Crippen LogP) is 6.50. The molecule has 0 saturated carbocycles. The quantitative estimate of drug-likeness (QED) is 0.193. The van der Waals surface area contributed by atoms with Gasteiger partial charge in [0, 0.05) is 11.1 Å². The summed E-state index contributed by atoms with van der Waals surface area (Å²) in [5.74, 6) is 0.613. The van der Waals surface area contributed by atoms with Crippen LogP contribution in [0.3, 0.4) is 0 Å². The van der Waals surface area contributed by atoms with E-state index in [1.807, 2.05) is 0 Å². The van der Waals surface area contributed by atoms with E-state index in [0.717, 1.165) is 18.4 Å². The number of ketones is 1. The third-order valence-electron chi connectivity index (χ3n) is 5.75. The van der Waals surface area contributed by atoms with Crippen LogP contribution in [-0.4, -0.2) is 21.3 Å². The topological polar surface area (TPSA) is 60.4 Å². The first-order chi connectivity index (χ1) is 15.1. The molecule has 0 aliphatic carbocycles. The van der Waals surface area contributed by atoms with Crippen LogP contribution in [0.2, 0.25) is 0 Å². The zero-order valence-electron chi connectivity index (χ0n) is 18.8. The Balaban J connectivity index is 1.85. The van der Waals surface area contributed by atoms with Crippen molar-refractivity contribution in [2.45, 2.75) is 76.4 Å². The Labute approximate surface area is 189 Å². The summed E-state index contributed by atoms with van der Waals surface area (Å²) >= 11 is 0. The molecule has 0 N–H and O–H groups in total. The lowest BCUT2D eigenvalue weighted by Crippen LogP contribution is -2.04.